The highest BCUT2D eigenvalue weighted by molar-refractivity contribution is 5.75. The molecule has 1 aliphatic heterocycles. The molecule has 0 saturated carbocycles. The molecule has 0 aliphatic carbocycles. The Bertz CT molecular complexity index is 631. The molecule has 2 heterocycles. The molecule has 0 radical (unpaired) electrons. The molecule has 0 bridgehead atoms. The van der Waals surface area contributed by atoms with Crippen LogP contribution in [0.15, 0.2) is 23.0 Å². The van der Waals surface area contributed by atoms with E-state index in [1.165, 1.54) is 6.07 Å². The zero-order valence-electron chi connectivity index (χ0n) is 10.3. The second kappa shape index (κ2) is 4.24. The molecule has 5 heteroatoms. The molecular weight excluding hydrogens is 233 g/mol. The summed E-state index contributed by atoms with van der Waals surface area (Å²) in [5, 5.41) is 0. The summed E-state index contributed by atoms with van der Waals surface area (Å²) in [5.41, 5.74) is 0.747. The number of halogens is 1. The molecule has 1 aromatic carbocycles. The number of H-pyrrole nitrogens is 1. The highest BCUT2D eigenvalue weighted by atomic mass is 19.1. The van der Waals surface area contributed by atoms with Crippen LogP contribution in [0.3, 0.4) is 0 Å². The molecule has 0 amide bonds. The molecule has 1 atom stereocenters. The molecule has 3 rings (SSSR count). The smallest absolute Gasteiger partial charge is 0.303 e. The molecule has 1 aliphatic rings. The minimum atomic E-state index is -0.371. The SMILES string of the molecule is CCN1CCCC1n1c(=O)[nH]c2c(F)cccc21. The number of imidazole rings is 1. The Morgan fingerprint density at radius 3 is 3.11 bits per heavy atom. The van der Waals surface area contributed by atoms with Gasteiger partial charge in [-0.25, -0.2) is 9.18 Å². The van der Waals surface area contributed by atoms with E-state index in [4.69, 9.17) is 0 Å². The number of likely N-dealkylation sites (tertiary alicyclic amines) is 1. The lowest BCUT2D eigenvalue weighted by Gasteiger charge is -2.23. The van der Waals surface area contributed by atoms with Gasteiger partial charge in [-0.2, -0.15) is 0 Å². The van der Waals surface area contributed by atoms with Gasteiger partial charge in [0.25, 0.3) is 0 Å². The van der Waals surface area contributed by atoms with Crippen molar-refractivity contribution in [2.45, 2.75) is 25.9 Å². The van der Waals surface area contributed by atoms with Crippen LogP contribution >= 0.6 is 0 Å². The number of aromatic amines is 1. The maximum absolute atomic E-state index is 13.6. The lowest BCUT2D eigenvalue weighted by atomic mass is 10.3. The predicted octanol–water partition coefficient (Wildman–Crippen LogP) is 2.08. The predicted molar refractivity (Wildman–Crippen MR) is 68.0 cm³/mol. The normalized spacial score (nSPS) is 20.9. The van der Waals surface area contributed by atoms with Crippen LogP contribution in [0, 0.1) is 5.82 Å². The molecule has 1 N–H and O–H groups in total. The van der Waals surface area contributed by atoms with Gasteiger partial charge in [0.05, 0.1) is 11.7 Å². The number of benzene rings is 1. The van der Waals surface area contributed by atoms with Crippen molar-refractivity contribution >= 4 is 11.0 Å². The Hall–Kier alpha value is -1.62. The number of aromatic nitrogens is 2. The van der Waals surface area contributed by atoms with Crippen LogP contribution in [0.25, 0.3) is 11.0 Å². The fourth-order valence-electron chi connectivity index (χ4n) is 2.88. The molecule has 1 fully saturated rings. The summed E-state index contributed by atoms with van der Waals surface area (Å²) in [4.78, 5) is 16.9. The average molecular weight is 249 g/mol. The second-order valence-electron chi connectivity index (χ2n) is 4.69. The van der Waals surface area contributed by atoms with Crippen LogP contribution in [-0.4, -0.2) is 27.5 Å². The van der Waals surface area contributed by atoms with Crippen molar-refractivity contribution in [1.82, 2.24) is 14.5 Å². The molecule has 4 nitrogen and oxygen atoms in total. The number of rotatable bonds is 2. The van der Waals surface area contributed by atoms with Crippen LogP contribution in [0.5, 0.6) is 0 Å². The van der Waals surface area contributed by atoms with Crippen LogP contribution in [-0.2, 0) is 0 Å². The van der Waals surface area contributed by atoms with E-state index in [1.807, 2.05) is 0 Å². The van der Waals surface area contributed by atoms with E-state index in [0.29, 0.717) is 11.0 Å². The number of hydrogen-bond donors (Lipinski definition) is 1. The van der Waals surface area contributed by atoms with Gasteiger partial charge in [-0.15, -0.1) is 0 Å². The van der Waals surface area contributed by atoms with Gasteiger partial charge in [-0.3, -0.25) is 9.47 Å². The van der Waals surface area contributed by atoms with Gasteiger partial charge in [0.1, 0.15) is 11.3 Å². The molecule has 1 unspecified atom stereocenters. The van der Waals surface area contributed by atoms with Crippen molar-refractivity contribution in [2.75, 3.05) is 13.1 Å². The van der Waals surface area contributed by atoms with Gasteiger partial charge in [0.15, 0.2) is 0 Å². The molecule has 0 spiro atoms. The third kappa shape index (κ3) is 1.58. The first kappa shape index (κ1) is 11.5. The summed E-state index contributed by atoms with van der Waals surface area (Å²) >= 11 is 0. The van der Waals surface area contributed by atoms with Crippen molar-refractivity contribution in [3.05, 3.63) is 34.5 Å². The maximum Gasteiger partial charge on any atom is 0.327 e. The first-order chi connectivity index (χ1) is 8.72. The van der Waals surface area contributed by atoms with Crippen molar-refractivity contribution in [3.8, 4) is 0 Å². The van der Waals surface area contributed by atoms with E-state index in [-0.39, 0.29) is 17.7 Å². The minimum absolute atomic E-state index is 0.0537. The van der Waals surface area contributed by atoms with Gasteiger partial charge in [0.2, 0.25) is 0 Å². The Morgan fingerprint density at radius 1 is 1.50 bits per heavy atom. The molecule has 2 aromatic rings. The van der Waals surface area contributed by atoms with E-state index in [9.17, 15) is 9.18 Å². The molecule has 1 saturated heterocycles. The molecule has 18 heavy (non-hydrogen) atoms. The molecule has 1 aromatic heterocycles. The zero-order chi connectivity index (χ0) is 12.7. The Morgan fingerprint density at radius 2 is 2.33 bits per heavy atom. The van der Waals surface area contributed by atoms with Crippen molar-refractivity contribution in [2.24, 2.45) is 0 Å². The number of nitrogens with one attached hydrogen (secondary N) is 1. The Balaban J connectivity index is 2.20. The highest BCUT2D eigenvalue weighted by Gasteiger charge is 2.27. The van der Waals surface area contributed by atoms with E-state index >= 15 is 0 Å². The van der Waals surface area contributed by atoms with Crippen LogP contribution in [0.4, 0.5) is 4.39 Å². The van der Waals surface area contributed by atoms with Crippen molar-refractivity contribution < 1.29 is 4.39 Å². The molecular formula is C13H16FN3O. The summed E-state index contributed by atoms with van der Waals surface area (Å²) in [7, 11) is 0. The fourth-order valence-corrected chi connectivity index (χ4v) is 2.88. The number of hydrogen-bond acceptors (Lipinski definition) is 2. The quantitative estimate of drug-likeness (QED) is 0.885. The maximum atomic E-state index is 13.6. The number of para-hydroxylation sites is 1. The first-order valence-corrected chi connectivity index (χ1v) is 6.35. The van der Waals surface area contributed by atoms with E-state index in [1.54, 1.807) is 16.7 Å². The van der Waals surface area contributed by atoms with E-state index < -0.39 is 0 Å². The first-order valence-electron chi connectivity index (χ1n) is 6.35. The summed E-state index contributed by atoms with van der Waals surface area (Å²) < 4.78 is 15.3. The average Bonchev–Trinajstić information content (AvgIpc) is 2.93. The fraction of sp³-hybridized carbons (Fsp3) is 0.462. The third-order valence-corrected chi connectivity index (χ3v) is 3.74. The summed E-state index contributed by atoms with van der Waals surface area (Å²) in [6.45, 7) is 3.98. The van der Waals surface area contributed by atoms with Crippen LogP contribution < -0.4 is 5.69 Å². The highest BCUT2D eigenvalue weighted by Crippen LogP contribution is 2.28. The number of fused-ring (bicyclic) bond motifs is 1. The van der Waals surface area contributed by atoms with Gasteiger partial charge in [0, 0.05) is 6.54 Å². The lowest BCUT2D eigenvalue weighted by molar-refractivity contribution is 0.204. The van der Waals surface area contributed by atoms with Crippen molar-refractivity contribution in [3.63, 3.8) is 0 Å². The minimum Gasteiger partial charge on any atom is -0.303 e. The van der Waals surface area contributed by atoms with Gasteiger partial charge in [-0.1, -0.05) is 13.0 Å². The Labute approximate surface area is 104 Å². The largest absolute Gasteiger partial charge is 0.327 e. The van der Waals surface area contributed by atoms with Gasteiger partial charge < -0.3 is 4.98 Å². The third-order valence-electron chi connectivity index (χ3n) is 3.74. The van der Waals surface area contributed by atoms with Crippen LogP contribution in [0.2, 0.25) is 0 Å². The summed E-state index contributed by atoms with van der Waals surface area (Å²) in [6, 6.07) is 4.81. The summed E-state index contributed by atoms with van der Waals surface area (Å²) in [5.74, 6) is -0.371. The van der Waals surface area contributed by atoms with E-state index in [2.05, 4.69) is 16.8 Å². The summed E-state index contributed by atoms with van der Waals surface area (Å²) in [6.07, 6.45) is 2.07. The van der Waals surface area contributed by atoms with E-state index in [0.717, 1.165) is 25.9 Å². The second-order valence-corrected chi connectivity index (χ2v) is 4.69. The zero-order valence-corrected chi connectivity index (χ0v) is 10.3. The van der Waals surface area contributed by atoms with Gasteiger partial charge in [-0.05, 0) is 31.5 Å². The standard InChI is InChI=1S/C13H16FN3O/c1-2-16-8-4-7-11(16)17-10-6-3-5-9(14)12(10)15-13(17)18/h3,5-6,11H,2,4,7-8H2,1H3,(H,15,18). The van der Waals surface area contributed by atoms with Crippen molar-refractivity contribution in [1.29, 1.82) is 0 Å². The van der Waals surface area contributed by atoms with Crippen LogP contribution in [0.1, 0.15) is 25.9 Å². The lowest BCUT2D eigenvalue weighted by Crippen LogP contribution is -2.32. The topological polar surface area (TPSA) is 41.0 Å². The van der Waals surface area contributed by atoms with Gasteiger partial charge >= 0.3 is 5.69 Å². The number of nitrogens with zero attached hydrogens (tertiary/aromatic N) is 2. The Kier molecular flexibility index (Phi) is 2.70. The monoisotopic (exact) mass is 249 g/mol. The molecule has 96 valence electrons.